The largest absolute Gasteiger partial charge is 0.364 e. The molecule has 5 heterocycles. The summed E-state index contributed by atoms with van der Waals surface area (Å²) in [6, 6.07) is 5.85. The Morgan fingerprint density at radius 1 is 1.08 bits per heavy atom. The van der Waals surface area contributed by atoms with Gasteiger partial charge >= 0.3 is 0 Å². The monoisotopic (exact) mass is 337 g/mol. The van der Waals surface area contributed by atoms with Crippen LogP contribution >= 0.6 is 0 Å². The van der Waals surface area contributed by atoms with E-state index < -0.39 is 0 Å². The summed E-state index contributed by atoms with van der Waals surface area (Å²) in [7, 11) is 0. The summed E-state index contributed by atoms with van der Waals surface area (Å²) in [5, 5.41) is 8.26. The van der Waals surface area contributed by atoms with Crippen molar-refractivity contribution < 1.29 is 4.52 Å². The van der Waals surface area contributed by atoms with Crippen molar-refractivity contribution in [2.75, 3.05) is 31.1 Å². The molecule has 8 heteroatoms. The molecule has 3 aromatic heterocycles. The van der Waals surface area contributed by atoms with Gasteiger partial charge < -0.3 is 9.42 Å². The third-order valence-corrected chi connectivity index (χ3v) is 5.14. The summed E-state index contributed by atoms with van der Waals surface area (Å²) in [5.74, 6) is 3.14. The van der Waals surface area contributed by atoms with E-state index in [0.717, 1.165) is 50.1 Å². The van der Waals surface area contributed by atoms with E-state index in [2.05, 4.69) is 30.0 Å². The van der Waals surface area contributed by atoms with Crippen LogP contribution in [0.25, 0.3) is 5.82 Å². The van der Waals surface area contributed by atoms with Crippen molar-refractivity contribution in [3.8, 4) is 5.82 Å². The zero-order valence-corrected chi connectivity index (χ0v) is 13.8. The van der Waals surface area contributed by atoms with Gasteiger partial charge in [-0.15, -0.1) is 0 Å². The zero-order valence-electron chi connectivity index (χ0n) is 13.8. The van der Waals surface area contributed by atoms with Crippen molar-refractivity contribution in [3.63, 3.8) is 0 Å². The van der Waals surface area contributed by atoms with Crippen LogP contribution in [0.2, 0.25) is 0 Å². The molecule has 2 saturated heterocycles. The first-order chi connectivity index (χ1) is 12.3. The van der Waals surface area contributed by atoms with Crippen LogP contribution in [0.4, 0.5) is 5.82 Å². The third kappa shape index (κ3) is 2.78. The Kier molecular flexibility index (Phi) is 3.48. The summed E-state index contributed by atoms with van der Waals surface area (Å²) >= 11 is 0. The zero-order chi connectivity index (χ0) is 16.6. The van der Waals surface area contributed by atoms with Gasteiger partial charge in [0, 0.05) is 57.3 Å². The molecule has 3 aromatic rings. The number of hydrogen-bond acceptors (Lipinski definition) is 7. The number of hydrogen-bond donors (Lipinski definition) is 0. The van der Waals surface area contributed by atoms with Gasteiger partial charge in [0.25, 0.3) is 0 Å². The Bertz CT molecular complexity index is 819. The molecular formula is C17H19N7O. The quantitative estimate of drug-likeness (QED) is 0.708. The summed E-state index contributed by atoms with van der Waals surface area (Å²) in [6.07, 6.45) is 6.91. The average Bonchev–Trinajstić information content (AvgIpc) is 3.40. The van der Waals surface area contributed by atoms with Gasteiger partial charge in [0.05, 0.1) is 5.69 Å². The minimum atomic E-state index is 0.676. The van der Waals surface area contributed by atoms with Gasteiger partial charge in [-0.05, 0) is 17.9 Å². The average molecular weight is 337 g/mol. The van der Waals surface area contributed by atoms with Crippen LogP contribution in [0.15, 0.2) is 47.7 Å². The van der Waals surface area contributed by atoms with Gasteiger partial charge in [-0.1, -0.05) is 5.16 Å². The van der Waals surface area contributed by atoms with Crippen LogP contribution < -0.4 is 4.90 Å². The highest BCUT2D eigenvalue weighted by molar-refractivity contribution is 5.44. The standard InChI is InChI=1S/C17H19N7O/c1-3-20-24(4-1)17-6-16(18-12-19-17)23-9-13-7-22(8-14(13)10-23)11-15-2-5-25-21-15/h1-6,12-14H,7-11H2. The van der Waals surface area contributed by atoms with Crippen molar-refractivity contribution in [2.45, 2.75) is 6.54 Å². The van der Waals surface area contributed by atoms with Crippen LogP contribution in [-0.2, 0) is 6.54 Å². The fourth-order valence-corrected chi connectivity index (χ4v) is 3.99. The first-order valence-corrected chi connectivity index (χ1v) is 8.54. The van der Waals surface area contributed by atoms with Gasteiger partial charge in [-0.25, -0.2) is 14.6 Å². The number of likely N-dealkylation sites (tertiary alicyclic amines) is 1. The first-order valence-electron chi connectivity index (χ1n) is 8.54. The molecule has 128 valence electrons. The van der Waals surface area contributed by atoms with E-state index in [9.17, 15) is 0 Å². The van der Waals surface area contributed by atoms with E-state index in [1.54, 1.807) is 23.5 Å². The molecular weight excluding hydrogens is 318 g/mol. The van der Waals surface area contributed by atoms with Crippen LogP contribution in [-0.4, -0.2) is 56.0 Å². The van der Waals surface area contributed by atoms with Crippen LogP contribution in [0.3, 0.4) is 0 Å². The molecule has 2 aliphatic heterocycles. The molecule has 0 bridgehead atoms. The fraction of sp³-hybridized carbons (Fsp3) is 0.412. The molecule has 0 saturated carbocycles. The Morgan fingerprint density at radius 2 is 1.92 bits per heavy atom. The fourth-order valence-electron chi connectivity index (χ4n) is 3.99. The lowest BCUT2D eigenvalue weighted by Crippen LogP contribution is -2.29. The highest BCUT2D eigenvalue weighted by Crippen LogP contribution is 2.34. The lowest BCUT2D eigenvalue weighted by molar-refractivity contribution is 0.295. The van der Waals surface area contributed by atoms with Crippen molar-refractivity contribution >= 4 is 5.82 Å². The predicted octanol–water partition coefficient (Wildman–Crippen LogP) is 1.22. The Morgan fingerprint density at radius 3 is 2.64 bits per heavy atom. The van der Waals surface area contributed by atoms with E-state index in [-0.39, 0.29) is 0 Å². The molecule has 0 amide bonds. The summed E-state index contributed by atoms with van der Waals surface area (Å²) in [5.41, 5.74) is 1.01. The smallest absolute Gasteiger partial charge is 0.158 e. The number of fused-ring (bicyclic) bond motifs is 1. The van der Waals surface area contributed by atoms with E-state index in [1.807, 2.05) is 24.4 Å². The van der Waals surface area contributed by atoms with Gasteiger partial charge in [0.2, 0.25) is 0 Å². The number of anilines is 1. The lowest BCUT2D eigenvalue weighted by Gasteiger charge is -2.21. The second-order valence-electron chi connectivity index (χ2n) is 6.80. The Hall–Kier alpha value is -2.74. The normalized spacial score (nSPS) is 23.3. The molecule has 8 nitrogen and oxygen atoms in total. The first kappa shape index (κ1) is 14.6. The number of aromatic nitrogens is 5. The predicted molar refractivity (Wildman–Crippen MR) is 90.1 cm³/mol. The van der Waals surface area contributed by atoms with Crippen LogP contribution in [0.5, 0.6) is 0 Å². The maximum absolute atomic E-state index is 4.93. The highest BCUT2D eigenvalue weighted by atomic mass is 16.5. The molecule has 2 unspecified atom stereocenters. The Labute approximate surface area is 145 Å². The van der Waals surface area contributed by atoms with E-state index >= 15 is 0 Å². The van der Waals surface area contributed by atoms with Gasteiger partial charge in [0.15, 0.2) is 5.82 Å². The molecule has 0 N–H and O–H groups in total. The molecule has 2 aliphatic rings. The Balaban J connectivity index is 1.26. The summed E-state index contributed by atoms with van der Waals surface area (Å²) < 4.78 is 6.69. The minimum Gasteiger partial charge on any atom is -0.364 e. The van der Waals surface area contributed by atoms with E-state index in [1.165, 1.54) is 0 Å². The topological polar surface area (TPSA) is 76.1 Å². The molecule has 2 fully saturated rings. The number of nitrogens with zero attached hydrogens (tertiary/aromatic N) is 7. The molecule has 5 rings (SSSR count). The molecule has 0 aromatic carbocycles. The SMILES string of the molecule is c1cnn(-c2cc(N3CC4CN(Cc5ccon5)CC4C3)ncn2)c1. The van der Waals surface area contributed by atoms with E-state index in [0.29, 0.717) is 11.8 Å². The highest BCUT2D eigenvalue weighted by Gasteiger charge is 2.40. The maximum Gasteiger partial charge on any atom is 0.158 e. The molecule has 0 radical (unpaired) electrons. The van der Waals surface area contributed by atoms with Crippen molar-refractivity contribution in [1.82, 2.24) is 29.8 Å². The maximum atomic E-state index is 4.93. The number of rotatable bonds is 4. The molecule has 0 spiro atoms. The minimum absolute atomic E-state index is 0.676. The summed E-state index contributed by atoms with van der Waals surface area (Å²) in [6.45, 7) is 5.15. The van der Waals surface area contributed by atoms with Gasteiger partial charge in [0.1, 0.15) is 18.4 Å². The van der Waals surface area contributed by atoms with Crippen molar-refractivity contribution in [1.29, 1.82) is 0 Å². The van der Waals surface area contributed by atoms with Gasteiger partial charge in [-0.3, -0.25) is 4.90 Å². The van der Waals surface area contributed by atoms with E-state index in [4.69, 9.17) is 4.52 Å². The van der Waals surface area contributed by atoms with Crippen molar-refractivity contribution in [3.05, 3.63) is 48.9 Å². The van der Waals surface area contributed by atoms with Crippen molar-refractivity contribution in [2.24, 2.45) is 11.8 Å². The van der Waals surface area contributed by atoms with Crippen LogP contribution in [0, 0.1) is 11.8 Å². The summed E-state index contributed by atoms with van der Waals surface area (Å²) in [4.78, 5) is 13.6. The molecule has 25 heavy (non-hydrogen) atoms. The second kappa shape index (κ2) is 5.96. The molecule has 2 atom stereocenters. The van der Waals surface area contributed by atoms with Gasteiger partial charge in [-0.2, -0.15) is 5.10 Å². The third-order valence-electron chi connectivity index (χ3n) is 5.14. The second-order valence-corrected chi connectivity index (χ2v) is 6.80. The molecule has 0 aliphatic carbocycles. The van der Waals surface area contributed by atoms with Crippen LogP contribution in [0.1, 0.15) is 5.69 Å². The lowest BCUT2D eigenvalue weighted by atomic mass is 10.0.